The summed E-state index contributed by atoms with van der Waals surface area (Å²) in [5.41, 5.74) is 1.64. The minimum atomic E-state index is -0.868. The molecule has 2 heterocycles. The average molecular weight is 795 g/mol. The van der Waals surface area contributed by atoms with E-state index in [-0.39, 0.29) is 31.0 Å². The molecule has 0 unspecified atom stereocenters. The average Bonchev–Trinajstić information content (AvgIpc) is 3.29. The maximum atomic E-state index is 14.0. The fraction of sp³-hybridized carbons (Fsp3) is 0.290. The number of esters is 2. The first kappa shape index (κ1) is 33.3. The molecule has 10 nitrogen and oxygen atoms in total. The van der Waals surface area contributed by atoms with Crippen LogP contribution in [0.1, 0.15) is 37.9 Å². The van der Waals surface area contributed by atoms with Gasteiger partial charge in [-0.05, 0) is 101 Å². The van der Waals surface area contributed by atoms with E-state index in [1.807, 2.05) is 12.1 Å². The van der Waals surface area contributed by atoms with Gasteiger partial charge in [0.15, 0.2) is 22.9 Å². The first-order chi connectivity index (χ1) is 21.1. The standard InChI is InChI=1S/C31H28BrIN2O8S/c1-6-11-42-28-20(32)12-18(13-21(28)33)14-24-29(37)35-27(26(30(38)41-8-3)17(4)34-31(35)44-24)19-9-10-22(23(15-19)40-7-2)43-16-25(36)39-5/h1,9-10,12-15,27H,7-8,11,16H2,2-5H3/b24-14-/t27-/m1/s1. The molecular weight excluding hydrogens is 767 g/mol. The van der Waals surface area contributed by atoms with Crippen molar-refractivity contribution in [3.05, 3.63) is 80.5 Å². The number of benzene rings is 2. The predicted octanol–water partition coefficient (Wildman–Crippen LogP) is 4.13. The van der Waals surface area contributed by atoms with Crippen molar-refractivity contribution >= 4 is 67.9 Å². The second kappa shape index (κ2) is 14.9. The highest BCUT2D eigenvalue weighted by Crippen LogP contribution is 2.37. The summed E-state index contributed by atoms with van der Waals surface area (Å²) < 4.78 is 30.5. The lowest BCUT2D eigenvalue weighted by molar-refractivity contribution is -0.143. The Kier molecular flexibility index (Phi) is 11.3. The molecule has 2 aromatic carbocycles. The number of terminal acetylenes is 1. The van der Waals surface area contributed by atoms with E-state index < -0.39 is 18.0 Å². The van der Waals surface area contributed by atoms with Gasteiger partial charge in [0.25, 0.3) is 5.56 Å². The van der Waals surface area contributed by atoms with E-state index in [2.05, 4.69) is 54.2 Å². The molecule has 1 aliphatic rings. The number of nitrogens with zero attached hydrogens (tertiary/aromatic N) is 2. The number of thiazole rings is 1. The second-order valence-electron chi connectivity index (χ2n) is 9.11. The topological polar surface area (TPSA) is 115 Å². The van der Waals surface area contributed by atoms with Crippen molar-refractivity contribution in [3.8, 4) is 29.6 Å². The summed E-state index contributed by atoms with van der Waals surface area (Å²) in [6.45, 7) is 5.49. The number of fused-ring (bicyclic) bond motifs is 1. The smallest absolute Gasteiger partial charge is 0.343 e. The number of halogens is 2. The lowest BCUT2D eigenvalue weighted by atomic mass is 9.95. The van der Waals surface area contributed by atoms with Crippen LogP contribution >= 0.6 is 49.9 Å². The van der Waals surface area contributed by atoms with Crippen molar-refractivity contribution in [1.29, 1.82) is 0 Å². The van der Waals surface area contributed by atoms with E-state index in [4.69, 9.17) is 25.4 Å². The first-order valence-electron chi connectivity index (χ1n) is 13.3. The molecule has 44 heavy (non-hydrogen) atoms. The maximum absolute atomic E-state index is 14.0. The molecule has 230 valence electrons. The van der Waals surface area contributed by atoms with E-state index in [1.54, 1.807) is 45.0 Å². The van der Waals surface area contributed by atoms with E-state index >= 15 is 0 Å². The second-order valence-corrected chi connectivity index (χ2v) is 12.1. The molecule has 1 aliphatic heterocycles. The minimum Gasteiger partial charge on any atom is -0.490 e. The Morgan fingerprint density at radius 1 is 1.16 bits per heavy atom. The van der Waals surface area contributed by atoms with Crippen LogP contribution in [0, 0.1) is 15.9 Å². The van der Waals surface area contributed by atoms with Gasteiger partial charge in [-0.2, -0.15) is 0 Å². The van der Waals surface area contributed by atoms with Crippen LogP contribution in [0.15, 0.2) is 55.9 Å². The lowest BCUT2D eigenvalue weighted by Gasteiger charge is -2.25. The lowest BCUT2D eigenvalue weighted by Crippen LogP contribution is -2.40. The zero-order valence-corrected chi connectivity index (χ0v) is 28.8. The molecule has 1 atom stereocenters. The van der Waals surface area contributed by atoms with Gasteiger partial charge in [-0.15, -0.1) is 6.42 Å². The van der Waals surface area contributed by atoms with Crippen molar-refractivity contribution in [2.75, 3.05) is 33.5 Å². The van der Waals surface area contributed by atoms with Gasteiger partial charge < -0.3 is 23.7 Å². The van der Waals surface area contributed by atoms with Crippen LogP contribution in [0.4, 0.5) is 0 Å². The van der Waals surface area contributed by atoms with Crippen LogP contribution in [0.3, 0.4) is 0 Å². The molecule has 13 heteroatoms. The Labute approximate surface area is 279 Å². The van der Waals surface area contributed by atoms with Crippen molar-refractivity contribution in [3.63, 3.8) is 0 Å². The van der Waals surface area contributed by atoms with Gasteiger partial charge in [0.1, 0.15) is 12.4 Å². The van der Waals surface area contributed by atoms with Crippen LogP contribution < -0.4 is 29.1 Å². The molecule has 0 saturated carbocycles. The van der Waals surface area contributed by atoms with Crippen molar-refractivity contribution < 1.29 is 33.3 Å². The zero-order valence-electron chi connectivity index (χ0n) is 24.3. The SMILES string of the molecule is C#CCOc1c(Br)cc(/C=c2\sc3n(c2=O)[C@H](c2ccc(OCC(=O)OC)c(OCC)c2)C(C(=O)OCC)=C(C)N=3)cc1I. The number of hydrogen-bond donors (Lipinski definition) is 0. The molecule has 0 fully saturated rings. The maximum Gasteiger partial charge on any atom is 0.343 e. The summed E-state index contributed by atoms with van der Waals surface area (Å²) in [6, 6.07) is 7.87. The highest BCUT2D eigenvalue weighted by molar-refractivity contribution is 14.1. The monoisotopic (exact) mass is 794 g/mol. The number of methoxy groups -OCH3 is 1. The molecule has 0 saturated heterocycles. The fourth-order valence-corrected chi connectivity index (χ4v) is 7.27. The molecule has 0 aliphatic carbocycles. The number of aromatic nitrogens is 1. The van der Waals surface area contributed by atoms with Gasteiger partial charge in [0.2, 0.25) is 0 Å². The molecular formula is C31H28BrIN2O8S. The molecule has 1 aromatic heterocycles. The summed E-state index contributed by atoms with van der Waals surface area (Å²) in [7, 11) is 1.27. The quantitative estimate of drug-likeness (QED) is 0.162. The summed E-state index contributed by atoms with van der Waals surface area (Å²) in [4.78, 5) is 44.1. The highest BCUT2D eigenvalue weighted by atomic mass is 127. The Morgan fingerprint density at radius 2 is 1.93 bits per heavy atom. The normalized spacial score (nSPS) is 14.3. The predicted molar refractivity (Wildman–Crippen MR) is 177 cm³/mol. The molecule has 0 spiro atoms. The molecule has 4 rings (SSSR count). The Bertz CT molecular complexity index is 1830. The van der Waals surface area contributed by atoms with Crippen molar-refractivity contribution in [2.45, 2.75) is 26.8 Å². The summed E-state index contributed by atoms with van der Waals surface area (Å²) in [6.07, 6.45) is 7.10. The van der Waals surface area contributed by atoms with Crippen LogP contribution in [-0.2, 0) is 19.1 Å². The summed E-state index contributed by atoms with van der Waals surface area (Å²) >= 11 is 6.88. The van der Waals surface area contributed by atoms with Gasteiger partial charge in [-0.1, -0.05) is 23.3 Å². The third-order valence-electron chi connectivity index (χ3n) is 6.29. The number of rotatable bonds is 11. The van der Waals surface area contributed by atoms with Gasteiger partial charge in [-0.3, -0.25) is 9.36 Å². The van der Waals surface area contributed by atoms with Crippen molar-refractivity contribution in [1.82, 2.24) is 4.57 Å². The fourth-order valence-electron chi connectivity index (χ4n) is 4.45. The Hall–Kier alpha value is -3.61. The number of hydrogen-bond acceptors (Lipinski definition) is 10. The largest absolute Gasteiger partial charge is 0.490 e. The van der Waals surface area contributed by atoms with Gasteiger partial charge in [-0.25, -0.2) is 14.6 Å². The highest BCUT2D eigenvalue weighted by Gasteiger charge is 2.34. The van der Waals surface area contributed by atoms with E-state index in [9.17, 15) is 14.4 Å². The number of carbonyl (C=O) groups is 2. The molecule has 0 radical (unpaired) electrons. The third-order valence-corrected chi connectivity index (χ3v) is 8.67. The van der Waals surface area contributed by atoms with Crippen LogP contribution in [0.5, 0.6) is 17.2 Å². The zero-order chi connectivity index (χ0) is 32.0. The van der Waals surface area contributed by atoms with Gasteiger partial charge in [0.05, 0.1) is 50.2 Å². The van der Waals surface area contributed by atoms with E-state index in [0.717, 1.165) is 9.13 Å². The Morgan fingerprint density at radius 3 is 2.59 bits per heavy atom. The number of ether oxygens (including phenoxy) is 5. The van der Waals surface area contributed by atoms with Crippen LogP contribution in [0.2, 0.25) is 0 Å². The van der Waals surface area contributed by atoms with Crippen LogP contribution in [0.25, 0.3) is 6.08 Å². The molecule has 0 N–H and O–H groups in total. The van der Waals surface area contributed by atoms with E-state index in [0.29, 0.717) is 48.9 Å². The molecule has 0 bridgehead atoms. The third kappa shape index (κ3) is 7.19. The van der Waals surface area contributed by atoms with Crippen LogP contribution in [-0.4, -0.2) is 50.0 Å². The molecule has 3 aromatic rings. The number of allylic oxidation sites excluding steroid dienone is 1. The first-order valence-corrected chi connectivity index (χ1v) is 16.0. The molecule has 0 amide bonds. The van der Waals surface area contributed by atoms with Crippen molar-refractivity contribution in [2.24, 2.45) is 4.99 Å². The van der Waals surface area contributed by atoms with Gasteiger partial charge in [0, 0.05) is 0 Å². The minimum absolute atomic E-state index is 0.123. The summed E-state index contributed by atoms with van der Waals surface area (Å²) in [5, 5.41) is 0. The number of carbonyl (C=O) groups excluding carboxylic acids is 2. The summed E-state index contributed by atoms with van der Waals surface area (Å²) in [5.74, 6) is 2.57. The Balaban J connectivity index is 1.88. The van der Waals surface area contributed by atoms with E-state index in [1.165, 1.54) is 23.0 Å². The van der Waals surface area contributed by atoms with Gasteiger partial charge >= 0.3 is 11.9 Å².